The van der Waals surface area contributed by atoms with Crippen LogP contribution in [0, 0.1) is 29.6 Å². The Labute approximate surface area is 151 Å². The monoisotopic (exact) mass is 356 g/mol. The van der Waals surface area contributed by atoms with Crippen molar-refractivity contribution in [2.45, 2.75) is 96.5 Å². The van der Waals surface area contributed by atoms with E-state index in [-0.39, 0.29) is 24.2 Å². The van der Waals surface area contributed by atoms with Crippen LogP contribution in [0.15, 0.2) is 0 Å². The van der Waals surface area contributed by atoms with Crippen LogP contribution in [0.2, 0.25) is 0 Å². The quantitative estimate of drug-likeness (QED) is 0.612. The Morgan fingerprint density at radius 2 is 1.40 bits per heavy atom. The summed E-state index contributed by atoms with van der Waals surface area (Å²) in [5.74, 6) is 1.93. The lowest BCUT2D eigenvalue weighted by molar-refractivity contribution is -0.160. The summed E-state index contributed by atoms with van der Waals surface area (Å²) in [5.41, 5.74) is 0. The van der Waals surface area contributed by atoms with E-state index in [0.29, 0.717) is 6.42 Å². The summed E-state index contributed by atoms with van der Waals surface area (Å²) >= 11 is 0. The molecule has 25 heavy (non-hydrogen) atoms. The lowest BCUT2D eigenvalue weighted by atomic mass is 9.69. The topological polar surface area (TPSA) is 26.3 Å². The average Bonchev–Trinajstić information content (AvgIpc) is 2.60. The molecule has 0 amide bonds. The lowest BCUT2D eigenvalue weighted by Crippen LogP contribution is -2.40. The maximum Gasteiger partial charge on any atom is 0.309 e. The minimum absolute atomic E-state index is 0.0207. The van der Waals surface area contributed by atoms with Gasteiger partial charge in [0.15, 0.2) is 0 Å². The van der Waals surface area contributed by atoms with E-state index in [1.807, 2.05) is 0 Å². The van der Waals surface area contributed by atoms with Gasteiger partial charge in [-0.05, 0) is 68.6 Å². The van der Waals surface area contributed by atoms with E-state index >= 15 is 0 Å². The average molecular weight is 356 g/mol. The molecule has 0 bridgehead atoms. The molecule has 0 saturated heterocycles. The van der Waals surface area contributed by atoms with Crippen LogP contribution >= 0.6 is 0 Å². The Morgan fingerprint density at radius 1 is 0.840 bits per heavy atom. The third-order valence-corrected chi connectivity index (χ3v) is 7.13. The van der Waals surface area contributed by atoms with Gasteiger partial charge in [0.25, 0.3) is 0 Å². The first kappa shape index (κ1) is 19.1. The maximum absolute atomic E-state index is 13.7. The molecule has 0 aromatic rings. The zero-order valence-corrected chi connectivity index (χ0v) is 15.8. The number of hydrogen-bond donors (Lipinski definition) is 0. The number of carbonyl (C=O) groups is 1. The third kappa shape index (κ3) is 4.74. The Balaban J connectivity index is 1.42. The van der Waals surface area contributed by atoms with E-state index in [4.69, 9.17) is 4.74 Å². The van der Waals surface area contributed by atoms with Crippen molar-refractivity contribution in [3.63, 3.8) is 0 Å². The van der Waals surface area contributed by atoms with Crippen molar-refractivity contribution in [2.24, 2.45) is 29.6 Å². The first-order chi connectivity index (χ1) is 11.9. The van der Waals surface area contributed by atoms with Crippen molar-refractivity contribution in [3.05, 3.63) is 0 Å². The minimum atomic E-state index is -1.49. The summed E-state index contributed by atoms with van der Waals surface area (Å²) in [6, 6.07) is 0. The third-order valence-electron chi connectivity index (χ3n) is 7.13. The van der Waals surface area contributed by atoms with Crippen LogP contribution in [0.3, 0.4) is 0 Å². The standard InChI is InChI=1S/C21H34F2O2/c1-13-3-5-15(6-4-13)16-7-9-17(10-8-16)21(24)25-18-11-14(2)20(23)19(22)12-18/h13-20H,3-12H2,1-2H3. The molecular weight excluding hydrogens is 322 g/mol. The summed E-state index contributed by atoms with van der Waals surface area (Å²) in [7, 11) is 0. The van der Waals surface area contributed by atoms with Gasteiger partial charge in [0.2, 0.25) is 0 Å². The SMILES string of the molecule is CC1CCC(C2CCC(C(=O)OC3CC(C)C(F)C(F)C3)CC2)CC1. The van der Waals surface area contributed by atoms with Crippen molar-refractivity contribution >= 4 is 5.97 Å². The van der Waals surface area contributed by atoms with E-state index in [0.717, 1.165) is 43.4 Å². The number of alkyl halides is 2. The normalized spacial score (nSPS) is 45.8. The molecule has 3 aliphatic carbocycles. The minimum Gasteiger partial charge on any atom is -0.462 e. The van der Waals surface area contributed by atoms with Crippen LogP contribution in [-0.2, 0) is 9.53 Å². The molecule has 0 N–H and O–H groups in total. The molecular formula is C21H34F2O2. The van der Waals surface area contributed by atoms with Crippen LogP contribution in [0.4, 0.5) is 8.78 Å². The van der Waals surface area contributed by atoms with Gasteiger partial charge in [-0.25, -0.2) is 8.78 Å². The van der Waals surface area contributed by atoms with E-state index in [1.165, 1.54) is 25.7 Å². The van der Waals surface area contributed by atoms with Crippen molar-refractivity contribution in [2.75, 3.05) is 0 Å². The molecule has 144 valence electrons. The highest BCUT2D eigenvalue weighted by atomic mass is 19.2. The summed E-state index contributed by atoms with van der Waals surface area (Å²) in [5, 5.41) is 0. The summed E-state index contributed by atoms with van der Waals surface area (Å²) in [6.45, 7) is 4.05. The molecule has 0 radical (unpaired) electrons. The van der Waals surface area contributed by atoms with Gasteiger partial charge in [0.1, 0.15) is 18.4 Å². The van der Waals surface area contributed by atoms with Gasteiger partial charge >= 0.3 is 5.97 Å². The number of rotatable bonds is 3. The van der Waals surface area contributed by atoms with E-state index in [2.05, 4.69) is 6.92 Å². The molecule has 0 spiro atoms. The van der Waals surface area contributed by atoms with Gasteiger partial charge in [-0.2, -0.15) is 0 Å². The van der Waals surface area contributed by atoms with E-state index in [9.17, 15) is 13.6 Å². The second kappa shape index (κ2) is 8.35. The Hall–Kier alpha value is -0.670. The van der Waals surface area contributed by atoms with Crippen LogP contribution < -0.4 is 0 Å². The number of halogens is 2. The van der Waals surface area contributed by atoms with Gasteiger partial charge in [-0.3, -0.25) is 4.79 Å². The molecule has 3 fully saturated rings. The van der Waals surface area contributed by atoms with Crippen molar-refractivity contribution in [3.8, 4) is 0 Å². The molecule has 0 heterocycles. The summed E-state index contributed by atoms with van der Waals surface area (Å²) in [6.07, 6.45) is 6.58. The van der Waals surface area contributed by atoms with Crippen LogP contribution in [-0.4, -0.2) is 24.4 Å². The fourth-order valence-corrected chi connectivity index (χ4v) is 5.32. The van der Waals surface area contributed by atoms with E-state index < -0.39 is 18.4 Å². The summed E-state index contributed by atoms with van der Waals surface area (Å²) in [4.78, 5) is 12.4. The predicted molar refractivity (Wildman–Crippen MR) is 94.6 cm³/mol. The van der Waals surface area contributed by atoms with Gasteiger partial charge in [-0.1, -0.05) is 26.7 Å². The zero-order chi connectivity index (χ0) is 18.0. The largest absolute Gasteiger partial charge is 0.462 e. The number of carbonyl (C=O) groups excluding carboxylic acids is 1. The molecule has 4 unspecified atom stereocenters. The number of ether oxygens (including phenoxy) is 1. The lowest BCUT2D eigenvalue weighted by Gasteiger charge is -2.37. The Morgan fingerprint density at radius 3 is 1.96 bits per heavy atom. The number of esters is 1. The van der Waals surface area contributed by atoms with Gasteiger partial charge in [-0.15, -0.1) is 0 Å². The second-order valence-corrected chi connectivity index (χ2v) is 9.10. The highest BCUT2D eigenvalue weighted by Gasteiger charge is 2.39. The first-order valence-corrected chi connectivity index (χ1v) is 10.4. The molecule has 4 heteroatoms. The molecule has 4 atom stereocenters. The second-order valence-electron chi connectivity index (χ2n) is 9.10. The zero-order valence-electron chi connectivity index (χ0n) is 15.8. The highest BCUT2D eigenvalue weighted by Crippen LogP contribution is 2.42. The predicted octanol–water partition coefficient (Wildman–Crippen LogP) is 5.64. The number of hydrogen-bond acceptors (Lipinski definition) is 2. The van der Waals surface area contributed by atoms with Crippen molar-refractivity contribution in [1.82, 2.24) is 0 Å². The fraction of sp³-hybridized carbons (Fsp3) is 0.952. The molecule has 3 saturated carbocycles. The molecule has 0 aromatic carbocycles. The maximum atomic E-state index is 13.7. The van der Waals surface area contributed by atoms with Crippen LogP contribution in [0.1, 0.15) is 78.1 Å². The summed E-state index contributed by atoms with van der Waals surface area (Å²) < 4.78 is 32.8. The first-order valence-electron chi connectivity index (χ1n) is 10.4. The Kier molecular flexibility index (Phi) is 6.38. The molecule has 2 nitrogen and oxygen atoms in total. The molecule has 3 rings (SSSR count). The highest BCUT2D eigenvalue weighted by molar-refractivity contribution is 5.72. The van der Waals surface area contributed by atoms with Gasteiger partial charge in [0, 0.05) is 6.42 Å². The van der Waals surface area contributed by atoms with Crippen molar-refractivity contribution < 1.29 is 18.3 Å². The molecule has 0 aromatic heterocycles. The molecule has 3 aliphatic rings. The van der Waals surface area contributed by atoms with E-state index in [1.54, 1.807) is 6.92 Å². The van der Waals surface area contributed by atoms with Crippen molar-refractivity contribution in [1.29, 1.82) is 0 Å². The molecule has 0 aliphatic heterocycles. The van der Waals surface area contributed by atoms with Crippen LogP contribution in [0.25, 0.3) is 0 Å². The van der Waals surface area contributed by atoms with Crippen LogP contribution in [0.5, 0.6) is 0 Å². The van der Waals surface area contributed by atoms with Gasteiger partial charge < -0.3 is 4.74 Å². The fourth-order valence-electron chi connectivity index (χ4n) is 5.32. The van der Waals surface area contributed by atoms with Gasteiger partial charge in [0.05, 0.1) is 5.92 Å². The Bertz CT molecular complexity index is 427. The smallest absolute Gasteiger partial charge is 0.309 e.